The monoisotopic (exact) mass is 250 g/mol. The molecule has 0 heterocycles. The summed E-state index contributed by atoms with van der Waals surface area (Å²) in [7, 11) is 1.76. The van der Waals surface area contributed by atoms with Gasteiger partial charge >= 0.3 is 5.97 Å². The van der Waals surface area contributed by atoms with Crippen molar-refractivity contribution < 1.29 is 14.8 Å². The highest BCUT2D eigenvalue weighted by Crippen LogP contribution is 2.34. The van der Waals surface area contributed by atoms with E-state index in [1.54, 1.807) is 11.9 Å². The van der Waals surface area contributed by atoms with E-state index >= 15 is 0 Å². The van der Waals surface area contributed by atoms with Crippen LogP contribution in [0.4, 0.5) is 11.4 Å². The average Bonchev–Trinajstić information content (AvgIpc) is 3.11. The molecule has 1 aliphatic rings. The van der Waals surface area contributed by atoms with Gasteiger partial charge in [0.1, 0.15) is 5.69 Å². The average molecular weight is 250 g/mol. The molecule has 1 fully saturated rings. The van der Waals surface area contributed by atoms with Crippen molar-refractivity contribution >= 4 is 17.3 Å². The first-order chi connectivity index (χ1) is 8.49. The van der Waals surface area contributed by atoms with E-state index in [1.165, 1.54) is 18.2 Å². The molecular formula is C12H14N2O4. The van der Waals surface area contributed by atoms with Gasteiger partial charge in [-0.15, -0.1) is 0 Å². The van der Waals surface area contributed by atoms with E-state index < -0.39 is 10.9 Å². The molecule has 18 heavy (non-hydrogen) atoms. The molecule has 96 valence electrons. The standard InChI is InChI=1S/C12H14N2O4/c1-13(7-8-2-3-8)11-6-9(12(15)16)4-5-10(11)14(17)18/h4-6,8H,2-3,7H2,1H3,(H,15,16). The van der Waals surface area contributed by atoms with Gasteiger partial charge < -0.3 is 10.0 Å². The Morgan fingerprint density at radius 1 is 1.56 bits per heavy atom. The number of carboxylic acids is 1. The molecule has 0 aromatic heterocycles. The third kappa shape index (κ3) is 2.58. The van der Waals surface area contributed by atoms with E-state index in [0.29, 0.717) is 11.6 Å². The van der Waals surface area contributed by atoms with Crippen molar-refractivity contribution in [2.75, 3.05) is 18.5 Å². The van der Waals surface area contributed by atoms with Crippen molar-refractivity contribution in [1.82, 2.24) is 0 Å². The molecule has 0 radical (unpaired) electrons. The van der Waals surface area contributed by atoms with Gasteiger partial charge in [-0.25, -0.2) is 4.79 Å². The zero-order valence-corrected chi connectivity index (χ0v) is 10.00. The molecular weight excluding hydrogens is 236 g/mol. The number of aromatic carboxylic acids is 1. The topological polar surface area (TPSA) is 83.7 Å². The summed E-state index contributed by atoms with van der Waals surface area (Å²) in [6.45, 7) is 0.726. The highest BCUT2D eigenvalue weighted by Gasteiger charge is 2.26. The third-order valence-corrected chi connectivity index (χ3v) is 3.06. The fraction of sp³-hybridized carbons (Fsp3) is 0.417. The van der Waals surface area contributed by atoms with Crippen LogP contribution >= 0.6 is 0 Å². The second kappa shape index (κ2) is 4.64. The summed E-state index contributed by atoms with van der Waals surface area (Å²) in [5.41, 5.74) is 0.383. The molecule has 1 N–H and O–H groups in total. The van der Waals surface area contributed by atoms with Gasteiger partial charge in [0.25, 0.3) is 5.69 Å². The highest BCUT2D eigenvalue weighted by atomic mass is 16.6. The van der Waals surface area contributed by atoms with Crippen LogP contribution in [0, 0.1) is 16.0 Å². The van der Waals surface area contributed by atoms with Crippen LogP contribution in [-0.2, 0) is 0 Å². The van der Waals surface area contributed by atoms with E-state index in [9.17, 15) is 14.9 Å². The zero-order valence-electron chi connectivity index (χ0n) is 10.00. The second-order valence-corrected chi connectivity index (χ2v) is 4.59. The molecule has 2 rings (SSSR count). The fourth-order valence-corrected chi connectivity index (χ4v) is 1.90. The Morgan fingerprint density at radius 2 is 2.22 bits per heavy atom. The van der Waals surface area contributed by atoms with E-state index in [1.807, 2.05) is 0 Å². The van der Waals surface area contributed by atoms with Crippen LogP contribution in [0.15, 0.2) is 18.2 Å². The van der Waals surface area contributed by atoms with Gasteiger partial charge in [-0.3, -0.25) is 10.1 Å². The molecule has 0 bridgehead atoms. The molecule has 1 aliphatic carbocycles. The molecule has 0 atom stereocenters. The lowest BCUT2D eigenvalue weighted by atomic mass is 10.1. The lowest BCUT2D eigenvalue weighted by Crippen LogP contribution is -2.21. The summed E-state index contributed by atoms with van der Waals surface area (Å²) >= 11 is 0. The first-order valence-corrected chi connectivity index (χ1v) is 5.72. The zero-order chi connectivity index (χ0) is 13.3. The van der Waals surface area contributed by atoms with Crippen LogP contribution in [0.2, 0.25) is 0 Å². The maximum absolute atomic E-state index is 10.9. The summed E-state index contributed by atoms with van der Waals surface area (Å²) in [6.07, 6.45) is 2.27. The van der Waals surface area contributed by atoms with Crippen LogP contribution in [0.25, 0.3) is 0 Å². The fourth-order valence-electron chi connectivity index (χ4n) is 1.90. The van der Waals surface area contributed by atoms with E-state index in [2.05, 4.69) is 0 Å². The van der Waals surface area contributed by atoms with Crippen molar-refractivity contribution in [3.63, 3.8) is 0 Å². The molecule has 1 aromatic rings. The van der Waals surface area contributed by atoms with Crippen LogP contribution in [0.1, 0.15) is 23.2 Å². The largest absolute Gasteiger partial charge is 0.478 e. The molecule has 0 unspecified atom stereocenters. The van der Waals surface area contributed by atoms with E-state index in [0.717, 1.165) is 19.4 Å². The van der Waals surface area contributed by atoms with Gasteiger partial charge in [0.15, 0.2) is 0 Å². The maximum atomic E-state index is 10.9. The predicted octanol–water partition coefficient (Wildman–Crippen LogP) is 2.14. The lowest BCUT2D eigenvalue weighted by molar-refractivity contribution is -0.384. The SMILES string of the molecule is CN(CC1CC1)c1cc(C(=O)O)ccc1[N+](=O)[O-]. The number of nitrogens with zero attached hydrogens (tertiary/aromatic N) is 2. The third-order valence-electron chi connectivity index (χ3n) is 3.06. The van der Waals surface area contributed by atoms with Crippen LogP contribution < -0.4 is 4.90 Å². The summed E-state index contributed by atoms with van der Waals surface area (Å²) in [4.78, 5) is 23.1. The quantitative estimate of drug-likeness (QED) is 0.639. The van der Waals surface area contributed by atoms with Crippen molar-refractivity contribution in [1.29, 1.82) is 0 Å². The highest BCUT2D eigenvalue weighted by molar-refractivity contribution is 5.90. The molecule has 0 saturated heterocycles. The molecule has 0 spiro atoms. The number of benzene rings is 1. The number of hydrogen-bond acceptors (Lipinski definition) is 4. The van der Waals surface area contributed by atoms with Crippen LogP contribution in [0.5, 0.6) is 0 Å². The van der Waals surface area contributed by atoms with Gasteiger partial charge in [-0.1, -0.05) is 0 Å². The second-order valence-electron chi connectivity index (χ2n) is 4.59. The number of carboxylic acid groups (broad SMARTS) is 1. The number of nitro groups is 1. The minimum absolute atomic E-state index is 0.0526. The first kappa shape index (κ1) is 12.3. The molecule has 0 amide bonds. The van der Waals surface area contributed by atoms with E-state index in [-0.39, 0.29) is 11.3 Å². The normalized spacial score (nSPS) is 14.3. The number of hydrogen-bond donors (Lipinski definition) is 1. The molecule has 6 nitrogen and oxygen atoms in total. The Kier molecular flexibility index (Phi) is 3.18. The Hall–Kier alpha value is -2.11. The number of rotatable bonds is 5. The van der Waals surface area contributed by atoms with Crippen molar-refractivity contribution in [3.8, 4) is 0 Å². The van der Waals surface area contributed by atoms with Gasteiger partial charge in [-0.05, 0) is 30.9 Å². The minimum atomic E-state index is -1.08. The predicted molar refractivity (Wildman–Crippen MR) is 66.0 cm³/mol. The summed E-state index contributed by atoms with van der Waals surface area (Å²) in [5.74, 6) is -0.506. The van der Waals surface area contributed by atoms with Crippen molar-refractivity contribution in [3.05, 3.63) is 33.9 Å². The number of anilines is 1. The van der Waals surface area contributed by atoms with Crippen LogP contribution in [0.3, 0.4) is 0 Å². The van der Waals surface area contributed by atoms with E-state index in [4.69, 9.17) is 5.11 Å². The molecule has 1 saturated carbocycles. The van der Waals surface area contributed by atoms with Gasteiger partial charge in [-0.2, -0.15) is 0 Å². The van der Waals surface area contributed by atoms with Crippen molar-refractivity contribution in [2.24, 2.45) is 5.92 Å². The van der Waals surface area contributed by atoms with Crippen molar-refractivity contribution in [2.45, 2.75) is 12.8 Å². The van der Waals surface area contributed by atoms with Gasteiger partial charge in [0.05, 0.1) is 10.5 Å². The first-order valence-electron chi connectivity index (χ1n) is 5.72. The Labute approximate surface area is 104 Å². The Balaban J connectivity index is 2.35. The van der Waals surface area contributed by atoms with Crippen LogP contribution in [-0.4, -0.2) is 29.6 Å². The summed E-state index contributed by atoms with van der Waals surface area (Å²) < 4.78 is 0. The summed E-state index contributed by atoms with van der Waals surface area (Å²) in [5, 5.41) is 19.9. The number of carbonyl (C=O) groups is 1. The molecule has 1 aromatic carbocycles. The Morgan fingerprint density at radius 3 is 2.72 bits per heavy atom. The maximum Gasteiger partial charge on any atom is 0.335 e. The lowest BCUT2D eigenvalue weighted by Gasteiger charge is -2.19. The number of nitro benzene ring substituents is 1. The smallest absolute Gasteiger partial charge is 0.335 e. The molecule has 6 heteroatoms. The minimum Gasteiger partial charge on any atom is -0.478 e. The van der Waals surface area contributed by atoms with Gasteiger partial charge in [0.2, 0.25) is 0 Å². The molecule has 0 aliphatic heterocycles. The van der Waals surface area contributed by atoms with Gasteiger partial charge in [0, 0.05) is 19.7 Å². The summed E-state index contributed by atoms with van der Waals surface area (Å²) in [6, 6.07) is 3.87. The Bertz CT molecular complexity index is 497.